The minimum atomic E-state index is 0.411. The van der Waals surface area contributed by atoms with Gasteiger partial charge in [0.1, 0.15) is 0 Å². The van der Waals surface area contributed by atoms with Crippen LogP contribution in [0.5, 0.6) is 0 Å². The first-order chi connectivity index (χ1) is 10.1. The van der Waals surface area contributed by atoms with Crippen LogP contribution in [0.4, 0.5) is 0 Å². The van der Waals surface area contributed by atoms with E-state index < -0.39 is 0 Å². The zero-order chi connectivity index (χ0) is 14.9. The van der Waals surface area contributed by atoms with Crippen molar-refractivity contribution >= 4 is 0 Å². The van der Waals surface area contributed by atoms with Crippen molar-refractivity contribution in [3.8, 4) is 0 Å². The van der Waals surface area contributed by atoms with Crippen LogP contribution in [0, 0.1) is 13.8 Å². The molecule has 1 N–H and O–H groups in total. The van der Waals surface area contributed by atoms with E-state index in [-0.39, 0.29) is 0 Å². The van der Waals surface area contributed by atoms with E-state index in [2.05, 4.69) is 49.2 Å². The predicted octanol–water partition coefficient (Wildman–Crippen LogP) is 3.97. The maximum Gasteiger partial charge on any atom is 0.0340 e. The van der Waals surface area contributed by atoms with E-state index in [0.29, 0.717) is 11.6 Å². The lowest BCUT2D eigenvalue weighted by atomic mass is 9.77. The highest BCUT2D eigenvalue weighted by atomic mass is 15.3. The van der Waals surface area contributed by atoms with Crippen molar-refractivity contribution in [2.24, 2.45) is 0 Å². The molecule has 1 aromatic rings. The predicted molar refractivity (Wildman–Crippen MR) is 89.7 cm³/mol. The molecule has 2 heteroatoms. The molecule has 116 valence electrons. The number of aryl methyl sites for hydroxylation is 2. The summed E-state index contributed by atoms with van der Waals surface area (Å²) in [4.78, 5) is 2.81. The van der Waals surface area contributed by atoms with Crippen molar-refractivity contribution < 1.29 is 0 Å². The molecule has 0 aromatic heterocycles. The van der Waals surface area contributed by atoms with Gasteiger partial charge in [-0.3, -0.25) is 4.90 Å². The highest BCUT2D eigenvalue weighted by Gasteiger charge is 2.41. The van der Waals surface area contributed by atoms with Crippen molar-refractivity contribution in [3.63, 3.8) is 0 Å². The smallest absolute Gasteiger partial charge is 0.0340 e. The molecule has 1 spiro atoms. The van der Waals surface area contributed by atoms with Gasteiger partial charge in [-0.15, -0.1) is 0 Å². The first-order valence-corrected chi connectivity index (χ1v) is 8.67. The Balaban J connectivity index is 1.86. The SMILES string of the molecule is Cc1ccc(C(C)N2CCNCC23CCCCC3)cc1C. The Bertz CT molecular complexity index is 480. The molecule has 2 aliphatic rings. The summed E-state index contributed by atoms with van der Waals surface area (Å²) in [6.45, 7) is 10.4. The average molecular weight is 286 g/mol. The van der Waals surface area contributed by atoms with E-state index in [4.69, 9.17) is 0 Å². The second-order valence-electron chi connectivity index (χ2n) is 7.17. The Kier molecular flexibility index (Phi) is 4.37. The van der Waals surface area contributed by atoms with E-state index in [1.807, 2.05) is 0 Å². The molecule has 3 rings (SSSR count). The Morgan fingerprint density at radius 2 is 1.86 bits per heavy atom. The van der Waals surface area contributed by atoms with Gasteiger partial charge < -0.3 is 5.32 Å². The molecule has 2 nitrogen and oxygen atoms in total. The van der Waals surface area contributed by atoms with Gasteiger partial charge in [0.15, 0.2) is 0 Å². The van der Waals surface area contributed by atoms with Crippen molar-refractivity contribution in [3.05, 3.63) is 34.9 Å². The Hall–Kier alpha value is -0.860. The van der Waals surface area contributed by atoms with Crippen LogP contribution in [0.2, 0.25) is 0 Å². The van der Waals surface area contributed by atoms with Crippen LogP contribution in [0.25, 0.3) is 0 Å². The minimum absolute atomic E-state index is 0.411. The van der Waals surface area contributed by atoms with Crippen LogP contribution < -0.4 is 5.32 Å². The normalized spacial score (nSPS) is 24.1. The summed E-state index contributed by atoms with van der Waals surface area (Å²) in [5, 5.41) is 3.66. The summed E-state index contributed by atoms with van der Waals surface area (Å²) >= 11 is 0. The lowest BCUT2D eigenvalue weighted by Crippen LogP contribution is -2.62. The molecule has 1 aliphatic carbocycles. The van der Waals surface area contributed by atoms with E-state index in [0.717, 1.165) is 6.54 Å². The third-order valence-corrected chi connectivity index (χ3v) is 5.86. The molecule has 1 aromatic carbocycles. The fraction of sp³-hybridized carbons (Fsp3) is 0.684. The second kappa shape index (κ2) is 6.10. The van der Waals surface area contributed by atoms with Gasteiger partial charge in [0.25, 0.3) is 0 Å². The van der Waals surface area contributed by atoms with Crippen molar-refractivity contribution in [1.82, 2.24) is 10.2 Å². The molecule has 1 saturated heterocycles. The standard InChI is InChI=1S/C19H30N2/c1-15-7-8-18(13-16(15)2)17(3)21-12-11-20-14-19(21)9-5-4-6-10-19/h7-8,13,17,20H,4-6,9-12,14H2,1-3H3. The van der Waals surface area contributed by atoms with Gasteiger partial charge >= 0.3 is 0 Å². The molecule has 0 bridgehead atoms. The number of piperazine rings is 1. The van der Waals surface area contributed by atoms with Gasteiger partial charge in [0.2, 0.25) is 0 Å². The van der Waals surface area contributed by atoms with Crippen LogP contribution in [0.3, 0.4) is 0 Å². The Morgan fingerprint density at radius 1 is 1.10 bits per heavy atom. The molecule has 1 unspecified atom stereocenters. The van der Waals surface area contributed by atoms with Crippen molar-refractivity contribution in [1.29, 1.82) is 0 Å². The third-order valence-electron chi connectivity index (χ3n) is 5.86. The van der Waals surface area contributed by atoms with Crippen molar-refractivity contribution in [2.45, 2.75) is 64.5 Å². The average Bonchev–Trinajstić information content (AvgIpc) is 2.51. The largest absolute Gasteiger partial charge is 0.314 e. The number of hydrogen-bond acceptors (Lipinski definition) is 2. The number of hydrogen-bond donors (Lipinski definition) is 1. The van der Waals surface area contributed by atoms with Crippen LogP contribution in [0.15, 0.2) is 18.2 Å². The molecule has 1 saturated carbocycles. The summed E-state index contributed by atoms with van der Waals surface area (Å²) in [6, 6.07) is 7.56. The molecule has 1 atom stereocenters. The summed E-state index contributed by atoms with van der Waals surface area (Å²) in [7, 11) is 0. The monoisotopic (exact) mass is 286 g/mol. The van der Waals surface area contributed by atoms with Crippen LogP contribution in [0.1, 0.15) is 61.8 Å². The number of benzene rings is 1. The number of nitrogens with zero attached hydrogens (tertiary/aromatic N) is 1. The van der Waals surface area contributed by atoms with E-state index in [1.54, 1.807) is 0 Å². The Labute approximate surface area is 129 Å². The van der Waals surface area contributed by atoms with Crippen LogP contribution in [-0.2, 0) is 0 Å². The zero-order valence-electron chi connectivity index (χ0n) is 13.9. The Morgan fingerprint density at radius 3 is 2.57 bits per heavy atom. The summed E-state index contributed by atoms with van der Waals surface area (Å²) in [6.07, 6.45) is 6.97. The molecule has 1 aliphatic heterocycles. The van der Waals surface area contributed by atoms with Gasteiger partial charge in [-0.05, 0) is 50.3 Å². The summed E-state index contributed by atoms with van der Waals surface area (Å²) in [5.74, 6) is 0. The maximum absolute atomic E-state index is 3.66. The first-order valence-electron chi connectivity index (χ1n) is 8.67. The fourth-order valence-electron chi connectivity index (χ4n) is 4.34. The van der Waals surface area contributed by atoms with E-state index in [1.165, 1.54) is 61.9 Å². The van der Waals surface area contributed by atoms with Crippen LogP contribution in [-0.4, -0.2) is 30.1 Å². The molecule has 0 radical (unpaired) electrons. The van der Waals surface area contributed by atoms with Gasteiger partial charge in [-0.25, -0.2) is 0 Å². The minimum Gasteiger partial charge on any atom is -0.314 e. The molecular weight excluding hydrogens is 256 g/mol. The van der Waals surface area contributed by atoms with E-state index >= 15 is 0 Å². The highest BCUT2D eigenvalue weighted by molar-refractivity contribution is 5.32. The molecule has 2 fully saturated rings. The van der Waals surface area contributed by atoms with E-state index in [9.17, 15) is 0 Å². The molecule has 1 heterocycles. The molecule has 0 amide bonds. The topological polar surface area (TPSA) is 15.3 Å². The van der Waals surface area contributed by atoms with Gasteiger partial charge in [0.05, 0.1) is 0 Å². The van der Waals surface area contributed by atoms with Gasteiger partial charge in [0, 0.05) is 31.2 Å². The van der Waals surface area contributed by atoms with Crippen molar-refractivity contribution in [2.75, 3.05) is 19.6 Å². The molecule has 21 heavy (non-hydrogen) atoms. The molecular formula is C19H30N2. The number of rotatable bonds is 2. The lowest BCUT2D eigenvalue weighted by Gasteiger charge is -2.52. The third kappa shape index (κ3) is 2.89. The van der Waals surface area contributed by atoms with Crippen LogP contribution >= 0.6 is 0 Å². The highest BCUT2D eigenvalue weighted by Crippen LogP contribution is 2.39. The quantitative estimate of drug-likeness (QED) is 0.885. The lowest BCUT2D eigenvalue weighted by molar-refractivity contribution is -0.00280. The maximum atomic E-state index is 3.66. The van der Waals surface area contributed by atoms with Gasteiger partial charge in [-0.1, -0.05) is 37.5 Å². The van der Waals surface area contributed by atoms with Gasteiger partial charge in [-0.2, -0.15) is 0 Å². The summed E-state index contributed by atoms with van der Waals surface area (Å²) in [5.41, 5.74) is 4.73. The zero-order valence-corrected chi connectivity index (χ0v) is 13.9. The summed E-state index contributed by atoms with van der Waals surface area (Å²) < 4.78 is 0. The first kappa shape index (κ1) is 15.1. The fourth-order valence-corrected chi connectivity index (χ4v) is 4.34. The second-order valence-corrected chi connectivity index (χ2v) is 7.17. The number of nitrogens with one attached hydrogen (secondary N) is 1.